The van der Waals surface area contributed by atoms with Crippen LogP contribution < -0.4 is 16.5 Å². The van der Waals surface area contributed by atoms with Crippen LogP contribution in [-0.4, -0.2) is 31.3 Å². The molecule has 0 unspecified atom stereocenters. The highest BCUT2D eigenvalue weighted by Crippen LogP contribution is 2.10. The number of nitrogens with one attached hydrogen (secondary N) is 1. The molecule has 1 heterocycles. The number of hydrogen-bond acceptors (Lipinski definition) is 3. The second kappa shape index (κ2) is 5.65. The summed E-state index contributed by atoms with van der Waals surface area (Å²) in [6.45, 7) is 4.51. The zero-order valence-corrected chi connectivity index (χ0v) is 9.60. The van der Waals surface area contributed by atoms with Gasteiger partial charge in [-0.15, -0.1) is 0 Å². The number of hydrogen-bond donors (Lipinski definition) is 2. The number of rotatable bonds is 5. The number of aromatic nitrogens is 1. The predicted molar refractivity (Wildman–Crippen MR) is 64.7 cm³/mol. The van der Waals surface area contributed by atoms with E-state index in [1.807, 2.05) is 13.8 Å². The van der Waals surface area contributed by atoms with E-state index in [-0.39, 0.29) is 5.91 Å². The van der Waals surface area contributed by atoms with Crippen LogP contribution >= 0.6 is 0 Å². The van der Waals surface area contributed by atoms with Crippen LogP contribution in [0.1, 0.15) is 25.5 Å². The van der Waals surface area contributed by atoms with Crippen molar-refractivity contribution in [1.29, 1.82) is 0 Å². The number of carbonyl (C=O) groups is 1. The number of pyridine rings is 1. The smallest absolute Gasteiger partial charge is 0.227 e. The average Bonchev–Trinajstić information content (AvgIpc) is 2.20. The lowest BCUT2D eigenvalue weighted by atomic mass is 9.96. The van der Waals surface area contributed by atoms with Crippen LogP contribution in [0, 0.1) is 0 Å². The van der Waals surface area contributed by atoms with Crippen LogP contribution in [0.4, 0.5) is 0 Å². The first kappa shape index (κ1) is 12.7. The maximum absolute atomic E-state index is 11.3. The van der Waals surface area contributed by atoms with E-state index in [9.17, 15) is 4.79 Å². The summed E-state index contributed by atoms with van der Waals surface area (Å²) in [7, 11) is 5.53. The number of nitrogens with zero attached hydrogens (tertiary/aromatic N) is 1. The Morgan fingerprint density at radius 2 is 2.25 bits per heavy atom. The molecule has 3 N–H and O–H groups in total. The summed E-state index contributed by atoms with van der Waals surface area (Å²) < 4.78 is 0. The molecule has 4 nitrogen and oxygen atoms in total. The fourth-order valence-electron chi connectivity index (χ4n) is 1.33. The second-order valence-electron chi connectivity index (χ2n) is 4.03. The molecule has 1 aromatic rings. The molecule has 0 aliphatic rings. The first-order valence-electron chi connectivity index (χ1n) is 5.25. The Morgan fingerprint density at radius 3 is 2.69 bits per heavy atom. The molecule has 1 rings (SSSR count). The Morgan fingerprint density at radius 1 is 1.56 bits per heavy atom. The second-order valence-corrected chi connectivity index (χ2v) is 4.03. The molecule has 0 bridgehead atoms. The molecule has 2 radical (unpaired) electrons. The summed E-state index contributed by atoms with van der Waals surface area (Å²) in [6, 6.07) is 3.75. The van der Waals surface area contributed by atoms with E-state index in [1.54, 1.807) is 12.1 Å². The maximum atomic E-state index is 11.3. The van der Waals surface area contributed by atoms with Gasteiger partial charge in [0.15, 0.2) is 0 Å². The zero-order valence-electron chi connectivity index (χ0n) is 9.60. The van der Waals surface area contributed by atoms with Crippen molar-refractivity contribution in [3.05, 3.63) is 24.0 Å². The first-order chi connectivity index (χ1) is 7.50. The van der Waals surface area contributed by atoms with Crippen LogP contribution in [0.3, 0.4) is 0 Å². The molecule has 1 atom stereocenters. The minimum absolute atomic E-state index is 0.302. The van der Waals surface area contributed by atoms with Crippen molar-refractivity contribution in [2.24, 2.45) is 5.73 Å². The fourth-order valence-corrected chi connectivity index (χ4v) is 1.33. The van der Waals surface area contributed by atoms with Gasteiger partial charge >= 0.3 is 0 Å². The molecule has 1 aromatic heterocycles. The normalized spacial score (nSPS) is 12.7. The summed E-state index contributed by atoms with van der Waals surface area (Å²) >= 11 is 0. The molecular formula is C11H16BN3O. The van der Waals surface area contributed by atoms with Gasteiger partial charge in [0.05, 0.1) is 11.6 Å². The first-order valence-corrected chi connectivity index (χ1v) is 5.25. The van der Waals surface area contributed by atoms with Crippen LogP contribution in [0.25, 0.3) is 0 Å². The summed E-state index contributed by atoms with van der Waals surface area (Å²) in [5, 5.41) is 3.17. The summed E-state index contributed by atoms with van der Waals surface area (Å²) in [5.41, 5.74) is 6.56. The van der Waals surface area contributed by atoms with E-state index in [1.165, 1.54) is 6.20 Å². The van der Waals surface area contributed by atoms with Gasteiger partial charge in [-0.2, -0.15) is 0 Å². The average molecular weight is 217 g/mol. The number of carbonyl (C=O) groups excluding carboxylic acids is 1. The van der Waals surface area contributed by atoms with Crippen molar-refractivity contribution in [3.8, 4) is 0 Å². The highest BCUT2D eigenvalue weighted by atomic mass is 16.1. The van der Waals surface area contributed by atoms with Crippen molar-refractivity contribution >= 4 is 19.2 Å². The van der Waals surface area contributed by atoms with Crippen LogP contribution in [0.15, 0.2) is 18.3 Å². The van der Waals surface area contributed by atoms with Crippen molar-refractivity contribution in [2.75, 3.05) is 6.54 Å². The van der Waals surface area contributed by atoms with E-state index in [2.05, 4.69) is 10.3 Å². The molecular weight excluding hydrogens is 201 g/mol. The number of nitrogens with two attached hydrogens (primary N) is 1. The summed E-state index contributed by atoms with van der Waals surface area (Å²) in [5.74, 6) is -0.798. The van der Waals surface area contributed by atoms with Crippen LogP contribution in [-0.2, 0) is 4.79 Å². The maximum Gasteiger partial charge on any atom is 0.227 e. The number of amides is 1. The van der Waals surface area contributed by atoms with Gasteiger partial charge in [0, 0.05) is 18.8 Å². The molecule has 0 aromatic carbocycles. The molecule has 16 heavy (non-hydrogen) atoms. The van der Waals surface area contributed by atoms with Gasteiger partial charge in [-0.05, 0) is 6.07 Å². The molecule has 84 valence electrons. The minimum atomic E-state index is -0.414. The van der Waals surface area contributed by atoms with Crippen LogP contribution in [0.2, 0.25) is 0 Å². The molecule has 0 saturated heterocycles. The number of primary amides is 1. The molecule has 0 spiro atoms. The SMILES string of the molecule is [B]c1ccc([C@@H](CNC(C)C)C(N)=O)nc1. The van der Waals surface area contributed by atoms with E-state index in [0.717, 1.165) is 0 Å². The Labute approximate surface area is 97.0 Å². The highest BCUT2D eigenvalue weighted by molar-refractivity contribution is 6.32. The van der Waals surface area contributed by atoms with E-state index in [4.69, 9.17) is 13.6 Å². The molecule has 0 aliphatic carbocycles. The molecule has 0 aliphatic heterocycles. The van der Waals surface area contributed by atoms with Gasteiger partial charge in [-0.3, -0.25) is 9.78 Å². The topological polar surface area (TPSA) is 68.0 Å². The van der Waals surface area contributed by atoms with Gasteiger partial charge in [0.25, 0.3) is 0 Å². The van der Waals surface area contributed by atoms with E-state index < -0.39 is 5.92 Å². The minimum Gasteiger partial charge on any atom is -0.369 e. The highest BCUT2D eigenvalue weighted by Gasteiger charge is 2.18. The molecule has 0 saturated carbocycles. The Kier molecular flexibility index (Phi) is 4.49. The summed E-state index contributed by atoms with van der Waals surface area (Å²) in [6.07, 6.45) is 1.53. The van der Waals surface area contributed by atoms with E-state index >= 15 is 0 Å². The monoisotopic (exact) mass is 217 g/mol. The third-order valence-electron chi connectivity index (χ3n) is 2.24. The molecule has 1 amide bonds. The molecule has 5 heteroatoms. The van der Waals surface area contributed by atoms with Crippen molar-refractivity contribution in [2.45, 2.75) is 25.8 Å². The van der Waals surface area contributed by atoms with Gasteiger partial charge in [-0.25, -0.2) is 0 Å². The lowest BCUT2D eigenvalue weighted by Gasteiger charge is -2.15. The van der Waals surface area contributed by atoms with Crippen molar-refractivity contribution < 1.29 is 4.79 Å². The van der Waals surface area contributed by atoms with Gasteiger partial charge in [0.2, 0.25) is 5.91 Å². The van der Waals surface area contributed by atoms with Gasteiger partial charge in [-0.1, -0.05) is 25.4 Å². The third-order valence-corrected chi connectivity index (χ3v) is 2.24. The van der Waals surface area contributed by atoms with Crippen molar-refractivity contribution in [3.63, 3.8) is 0 Å². The quantitative estimate of drug-likeness (QED) is 0.650. The standard InChI is InChI=1S/C11H16BN3O/c1-7(2)14-6-9(11(13)16)10-4-3-8(12)5-15-10/h3-5,7,9,14H,6H2,1-2H3,(H2,13,16)/t9-/m1/s1. The fraction of sp³-hybridized carbons (Fsp3) is 0.455. The Balaban J connectivity index is 2.77. The lowest BCUT2D eigenvalue weighted by molar-refractivity contribution is -0.119. The van der Waals surface area contributed by atoms with Crippen molar-refractivity contribution in [1.82, 2.24) is 10.3 Å². The van der Waals surface area contributed by atoms with E-state index in [0.29, 0.717) is 23.7 Å². The van der Waals surface area contributed by atoms with Crippen LogP contribution in [0.5, 0.6) is 0 Å². The van der Waals surface area contributed by atoms with Gasteiger partial charge < -0.3 is 11.1 Å². The Bertz CT molecular complexity index is 351. The third kappa shape index (κ3) is 3.66. The molecule has 0 fully saturated rings. The lowest BCUT2D eigenvalue weighted by Crippen LogP contribution is -2.35. The largest absolute Gasteiger partial charge is 0.369 e. The summed E-state index contributed by atoms with van der Waals surface area (Å²) in [4.78, 5) is 15.4. The predicted octanol–water partition coefficient (Wildman–Crippen LogP) is -0.558. The van der Waals surface area contributed by atoms with Gasteiger partial charge in [0.1, 0.15) is 7.85 Å². The zero-order chi connectivity index (χ0) is 12.1. The Hall–Kier alpha value is -1.36.